The molecular weight excluding hydrogens is 440 g/mol. The number of hydrogen-bond acceptors (Lipinski definition) is 5. The number of benzene rings is 1. The van der Waals surface area contributed by atoms with Gasteiger partial charge in [0.05, 0.1) is 10.8 Å². The number of piperidine rings is 1. The summed E-state index contributed by atoms with van der Waals surface area (Å²) in [6, 6.07) is 6.36. The Hall–Kier alpha value is -1.97. The molecule has 1 aromatic carbocycles. The van der Waals surface area contributed by atoms with Crippen LogP contribution < -0.4 is 10.2 Å². The van der Waals surface area contributed by atoms with Crippen molar-refractivity contribution in [2.75, 3.05) is 50.7 Å². The number of amides is 2. The third-order valence-corrected chi connectivity index (χ3v) is 8.69. The van der Waals surface area contributed by atoms with Crippen LogP contribution in [-0.2, 0) is 19.6 Å². The summed E-state index contributed by atoms with van der Waals surface area (Å²) in [5.74, 6) is -0.229. The van der Waals surface area contributed by atoms with Gasteiger partial charge in [-0.1, -0.05) is 27.2 Å². The van der Waals surface area contributed by atoms with Crippen molar-refractivity contribution in [1.29, 1.82) is 0 Å². The van der Waals surface area contributed by atoms with E-state index in [1.807, 2.05) is 0 Å². The largest absolute Gasteiger partial charge is 0.355 e. The maximum Gasteiger partial charge on any atom is 0.243 e. The van der Waals surface area contributed by atoms with Crippen LogP contribution in [0.25, 0.3) is 0 Å². The molecule has 0 saturated carbocycles. The van der Waals surface area contributed by atoms with Crippen LogP contribution in [0.5, 0.6) is 0 Å². The monoisotopic (exact) mass is 478 g/mol. The first-order valence-corrected chi connectivity index (χ1v) is 13.6. The fourth-order valence-corrected chi connectivity index (χ4v) is 6.17. The fourth-order valence-electron chi connectivity index (χ4n) is 4.71. The molecule has 0 bridgehead atoms. The number of nitrogens with zero attached hydrogens (tertiary/aromatic N) is 3. The second-order valence-electron chi connectivity index (χ2n) is 9.20. The summed E-state index contributed by atoms with van der Waals surface area (Å²) in [6.07, 6.45) is 3.98. The number of carbonyl (C=O) groups is 2. The summed E-state index contributed by atoms with van der Waals surface area (Å²) in [7, 11) is -3.54. The zero-order valence-electron chi connectivity index (χ0n) is 20.1. The van der Waals surface area contributed by atoms with Crippen LogP contribution in [0.3, 0.4) is 0 Å². The second-order valence-corrected chi connectivity index (χ2v) is 11.1. The normalized spacial score (nSPS) is 20.9. The van der Waals surface area contributed by atoms with Crippen LogP contribution in [0.15, 0.2) is 29.2 Å². The van der Waals surface area contributed by atoms with Gasteiger partial charge in [0.25, 0.3) is 0 Å². The van der Waals surface area contributed by atoms with Gasteiger partial charge in [0.2, 0.25) is 21.8 Å². The molecule has 33 heavy (non-hydrogen) atoms. The standard InChI is InChI=1S/C24H38N4O4S/c1-4-27(5-2)33(31,32)22-11-9-21(10-12-22)28-18-20(15-23(28)29)24(30)25-16-19(3)17-26-13-7-6-8-14-26/h9-12,19-20H,4-8,13-18H2,1-3H3,(H,25,30). The van der Waals surface area contributed by atoms with E-state index >= 15 is 0 Å². The molecule has 2 aliphatic heterocycles. The van der Waals surface area contributed by atoms with Crippen molar-refractivity contribution < 1.29 is 18.0 Å². The van der Waals surface area contributed by atoms with E-state index in [9.17, 15) is 18.0 Å². The molecule has 1 N–H and O–H groups in total. The van der Waals surface area contributed by atoms with E-state index in [0.29, 0.717) is 37.8 Å². The number of likely N-dealkylation sites (tertiary alicyclic amines) is 1. The summed E-state index contributed by atoms with van der Waals surface area (Å²) in [5.41, 5.74) is 0.618. The molecule has 2 amide bonds. The average molecular weight is 479 g/mol. The van der Waals surface area contributed by atoms with E-state index in [0.717, 1.165) is 19.6 Å². The van der Waals surface area contributed by atoms with Crippen molar-refractivity contribution in [2.24, 2.45) is 11.8 Å². The van der Waals surface area contributed by atoms with Crippen molar-refractivity contribution in [3.05, 3.63) is 24.3 Å². The molecule has 0 radical (unpaired) electrons. The molecule has 0 aromatic heterocycles. The van der Waals surface area contributed by atoms with Crippen molar-refractivity contribution in [3.8, 4) is 0 Å². The molecule has 2 aliphatic rings. The fraction of sp³-hybridized carbons (Fsp3) is 0.667. The smallest absolute Gasteiger partial charge is 0.243 e. The number of rotatable bonds is 10. The number of sulfonamides is 1. The van der Waals surface area contributed by atoms with E-state index < -0.39 is 15.9 Å². The lowest BCUT2D eigenvalue weighted by atomic mass is 10.1. The van der Waals surface area contributed by atoms with Crippen molar-refractivity contribution >= 4 is 27.5 Å². The molecule has 2 unspecified atom stereocenters. The number of carbonyl (C=O) groups excluding carboxylic acids is 2. The lowest BCUT2D eigenvalue weighted by Crippen LogP contribution is -2.40. The molecule has 1 aromatic rings. The van der Waals surface area contributed by atoms with Crippen molar-refractivity contribution in [1.82, 2.24) is 14.5 Å². The Balaban J connectivity index is 1.54. The van der Waals surface area contributed by atoms with Gasteiger partial charge in [-0.05, 0) is 56.1 Å². The minimum absolute atomic E-state index is 0.0860. The van der Waals surface area contributed by atoms with Crippen LogP contribution in [-0.4, -0.2) is 75.3 Å². The first kappa shape index (κ1) is 25.6. The topological polar surface area (TPSA) is 90.0 Å². The number of anilines is 1. The second kappa shape index (κ2) is 11.4. The quantitative estimate of drug-likeness (QED) is 0.557. The molecule has 2 heterocycles. The van der Waals surface area contributed by atoms with Gasteiger partial charge in [-0.25, -0.2) is 8.42 Å². The lowest BCUT2D eigenvalue weighted by molar-refractivity contribution is -0.126. The third-order valence-electron chi connectivity index (χ3n) is 6.63. The molecule has 0 spiro atoms. The highest BCUT2D eigenvalue weighted by Gasteiger charge is 2.35. The van der Waals surface area contributed by atoms with Crippen LogP contribution in [0.4, 0.5) is 5.69 Å². The summed E-state index contributed by atoms with van der Waals surface area (Å²) in [5, 5.41) is 3.03. The Morgan fingerprint density at radius 1 is 1.12 bits per heavy atom. The van der Waals surface area contributed by atoms with E-state index in [2.05, 4.69) is 17.1 Å². The van der Waals surface area contributed by atoms with Gasteiger partial charge in [0.15, 0.2) is 0 Å². The summed E-state index contributed by atoms with van der Waals surface area (Å²) in [4.78, 5) is 29.5. The summed E-state index contributed by atoms with van der Waals surface area (Å²) < 4.78 is 26.7. The third kappa shape index (κ3) is 6.33. The van der Waals surface area contributed by atoms with E-state index in [-0.39, 0.29) is 23.1 Å². The molecule has 2 atom stereocenters. The van der Waals surface area contributed by atoms with E-state index in [4.69, 9.17) is 0 Å². The van der Waals surface area contributed by atoms with Crippen LogP contribution in [0.1, 0.15) is 46.5 Å². The highest BCUT2D eigenvalue weighted by atomic mass is 32.2. The zero-order valence-corrected chi connectivity index (χ0v) is 20.9. The molecule has 9 heteroatoms. The minimum Gasteiger partial charge on any atom is -0.355 e. The SMILES string of the molecule is CCN(CC)S(=O)(=O)c1ccc(N2CC(C(=O)NCC(C)CN3CCCCC3)CC2=O)cc1. The molecule has 3 rings (SSSR count). The van der Waals surface area contributed by atoms with Gasteiger partial charge in [0, 0.05) is 44.8 Å². The molecule has 8 nitrogen and oxygen atoms in total. The van der Waals surface area contributed by atoms with Crippen molar-refractivity contribution in [2.45, 2.75) is 51.3 Å². The highest BCUT2D eigenvalue weighted by molar-refractivity contribution is 7.89. The van der Waals surface area contributed by atoms with Crippen LogP contribution in [0, 0.1) is 11.8 Å². The maximum absolute atomic E-state index is 12.7. The van der Waals surface area contributed by atoms with Crippen LogP contribution in [0.2, 0.25) is 0 Å². The highest BCUT2D eigenvalue weighted by Crippen LogP contribution is 2.27. The Morgan fingerprint density at radius 2 is 1.76 bits per heavy atom. The molecule has 2 saturated heterocycles. The Labute approximate surface area is 198 Å². The molecule has 2 fully saturated rings. The number of hydrogen-bond donors (Lipinski definition) is 1. The van der Waals surface area contributed by atoms with Gasteiger partial charge in [-0.15, -0.1) is 0 Å². The first-order chi connectivity index (χ1) is 15.8. The van der Waals surface area contributed by atoms with E-state index in [1.54, 1.807) is 30.9 Å². The minimum atomic E-state index is -3.54. The predicted octanol–water partition coefficient (Wildman–Crippen LogP) is 2.31. The first-order valence-electron chi connectivity index (χ1n) is 12.2. The van der Waals surface area contributed by atoms with Crippen molar-refractivity contribution in [3.63, 3.8) is 0 Å². The van der Waals surface area contributed by atoms with Gasteiger partial charge >= 0.3 is 0 Å². The molecule has 0 aliphatic carbocycles. The van der Waals surface area contributed by atoms with Gasteiger partial charge in [-0.3, -0.25) is 9.59 Å². The van der Waals surface area contributed by atoms with Gasteiger partial charge < -0.3 is 15.1 Å². The summed E-state index contributed by atoms with van der Waals surface area (Å²) in [6.45, 7) is 10.7. The maximum atomic E-state index is 12.7. The number of nitrogens with one attached hydrogen (secondary N) is 1. The molecular formula is C24H38N4O4S. The predicted molar refractivity (Wildman–Crippen MR) is 129 cm³/mol. The Kier molecular flexibility index (Phi) is 8.89. The molecule has 184 valence electrons. The Bertz CT molecular complexity index is 909. The zero-order chi connectivity index (χ0) is 24.0. The lowest BCUT2D eigenvalue weighted by Gasteiger charge is -2.29. The van der Waals surface area contributed by atoms with Gasteiger partial charge in [-0.2, -0.15) is 4.31 Å². The van der Waals surface area contributed by atoms with E-state index in [1.165, 1.54) is 35.7 Å². The van der Waals surface area contributed by atoms with Gasteiger partial charge in [0.1, 0.15) is 0 Å². The van der Waals surface area contributed by atoms with Crippen LogP contribution >= 0.6 is 0 Å². The average Bonchev–Trinajstić information content (AvgIpc) is 3.20. The summed E-state index contributed by atoms with van der Waals surface area (Å²) >= 11 is 0. The Morgan fingerprint density at radius 3 is 2.36 bits per heavy atom.